The third-order valence-corrected chi connectivity index (χ3v) is 17.6. The Hall–Kier alpha value is -9.76. The molecule has 3 aliphatic rings. The molecule has 1 atom stereocenters. The van der Waals surface area contributed by atoms with Gasteiger partial charge in [-0.05, 0) is 161 Å². The topological polar surface area (TPSA) is 8.17 Å². The average molecular weight is 993 g/mol. The maximum Gasteiger partial charge on any atom is 0.0725 e. The Morgan fingerprint density at radius 2 is 0.833 bits per heavy atom. The van der Waals surface area contributed by atoms with Crippen LogP contribution in [0.3, 0.4) is 0 Å². The Kier molecular flexibility index (Phi) is 9.63. The largest absolute Gasteiger partial charge is 0.310 e. The number of anilines is 3. The van der Waals surface area contributed by atoms with Gasteiger partial charge >= 0.3 is 0 Å². The minimum Gasteiger partial charge on any atom is -0.310 e. The molecule has 2 nitrogen and oxygen atoms in total. The van der Waals surface area contributed by atoms with Gasteiger partial charge in [0.1, 0.15) is 0 Å². The monoisotopic (exact) mass is 992 g/mol. The lowest BCUT2D eigenvalue weighted by atomic mass is 9.69. The quantitative estimate of drug-likeness (QED) is 0.154. The summed E-state index contributed by atoms with van der Waals surface area (Å²) in [5.41, 5.74) is 29.3. The molecule has 366 valence electrons. The number of nitrogens with zero attached hydrogens (tertiary/aromatic N) is 2. The van der Waals surface area contributed by atoms with Crippen LogP contribution in [0.4, 0.5) is 17.1 Å². The fourth-order valence-corrected chi connectivity index (χ4v) is 14.2. The highest BCUT2D eigenvalue weighted by Gasteiger charge is 2.53. The highest BCUT2D eigenvalue weighted by atomic mass is 15.1. The second-order valence-corrected chi connectivity index (χ2v) is 21.9. The summed E-state index contributed by atoms with van der Waals surface area (Å²) >= 11 is 0. The van der Waals surface area contributed by atoms with E-state index in [9.17, 15) is 0 Å². The molecule has 0 N–H and O–H groups in total. The van der Waals surface area contributed by atoms with Gasteiger partial charge in [-0.15, -0.1) is 0 Å². The molecule has 13 aromatic rings. The molecule has 0 fully saturated rings. The van der Waals surface area contributed by atoms with E-state index in [1.54, 1.807) is 0 Å². The minimum atomic E-state index is -0.528. The van der Waals surface area contributed by atoms with E-state index in [2.05, 4.69) is 302 Å². The zero-order chi connectivity index (χ0) is 51.7. The Labute approximate surface area is 455 Å². The third kappa shape index (κ3) is 6.26. The Balaban J connectivity index is 0.951. The summed E-state index contributed by atoms with van der Waals surface area (Å²) in [4.78, 5) is 2.50. The van der Waals surface area contributed by atoms with E-state index in [1.165, 1.54) is 99.7 Å². The van der Waals surface area contributed by atoms with Crippen molar-refractivity contribution in [3.05, 3.63) is 312 Å². The molecule has 0 amide bonds. The molecule has 1 heterocycles. The van der Waals surface area contributed by atoms with E-state index >= 15 is 0 Å². The van der Waals surface area contributed by atoms with Crippen LogP contribution in [-0.4, -0.2) is 4.57 Å². The number of fused-ring (bicyclic) bond motifs is 17. The van der Waals surface area contributed by atoms with Gasteiger partial charge in [0.05, 0.1) is 22.1 Å². The zero-order valence-corrected chi connectivity index (χ0v) is 43.5. The van der Waals surface area contributed by atoms with E-state index < -0.39 is 5.41 Å². The molecule has 12 aromatic carbocycles. The van der Waals surface area contributed by atoms with Gasteiger partial charge in [-0.25, -0.2) is 0 Å². The molecule has 1 aromatic heterocycles. The summed E-state index contributed by atoms with van der Waals surface area (Å²) in [5.74, 6) is 0. The molecule has 0 saturated carbocycles. The first-order chi connectivity index (χ1) is 38.5. The van der Waals surface area contributed by atoms with E-state index in [0.717, 1.165) is 45.0 Å². The lowest BCUT2D eigenvalue weighted by Crippen LogP contribution is -2.26. The molecule has 0 radical (unpaired) electrons. The maximum absolute atomic E-state index is 2.55. The molecule has 3 aliphatic carbocycles. The van der Waals surface area contributed by atoms with Crippen LogP contribution in [-0.2, 0) is 10.8 Å². The zero-order valence-electron chi connectivity index (χ0n) is 43.5. The second-order valence-electron chi connectivity index (χ2n) is 21.9. The van der Waals surface area contributed by atoms with Crippen molar-refractivity contribution in [2.45, 2.75) is 24.7 Å². The van der Waals surface area contributed by atoms with Gasteiger partial charge in [-0.2, -0.15) is 0 Å². The van der Waals surface area contributed by atoms with Crippen LogP contribution in [0.1, 0.15) is 47.2 Å². The van der Waals surface area contributed by atoms with E-state index in [0.29, 0.717) is 0 Å². The normalized spacial score (nSPS) is 14.9. The average Bonchev–Trinajstić information content (AvgIpc) is 4.29. The fraction of sp³-hybridized carbons (Fsp3) is 0.0526. The highest BCUT2D eigenvalue weighted by molar-refractivity contribution is 6.11. The third-order valence-electron chi connectivity index (χ3n) is 17.6. The Morgan fingerprint density at radius 3 is 1.59 bits per heavy atom. The summed E-state index contributed by atoms with van der Waals surface area (Å²) in [6.07, 6.45) is 0. The minimum absolute atomic E-state index is 0.117. The predicted octanol–water partition coefficient (Wildman–Crippen LogP) is 19.9. The van der Waals surface area contributed by atoms with Crippen molar-refractivity contribution < 1.29 is 0 Å². The van der Waals surface area contributed by atoms with Crippen LogP contribution in [0, 0.1) is 0 Å². The lowest BCUT2D eigenvalue weighted by molar-refractivity contribution is 0.660. The number of hydrogen-bond donors (Lipinski definition) is 0. The molecule has 78 heavy (non-hydrogen) atoms. The summed E-state index contributed by atoms with van der Waals surface area (Å²) in [7, 11) is 0. The lowest BCUT2D eigenvalue weighted by Gasteiger charge is -2.31. The van der Waals surface area contributed by atoms with Gasteiger partial charge in [0.2, 0.25) is 0 Å². The Morgan fingerprint density at radius 1 is 0.295 bits per heavy atom. The van der Waals surface area contributed by atoms with E-state index in [4.69, 9.17) is 0 Å². The molecule has 16 rings (SSSR count). The van der Waals surface area contributed by atoms with Gasteiger partial charge in [0, 0.05) is 38.8 Å². The van der Waals surface area contributed by atoms with Crippen molar-refractivity contribution in [1.82, 2.24) is 4.57 Å². The van der Waals surface area contributed by atoms with Gasteiger partial charge in [0.15, 0.2) is 0 Å². The van der Waals surface area contributed by atoms with Crippen LogP contribution in [0.15, 0.2) is 279 Å². The first-order valence-electron chi connectivity index (χ1n) is 27.3. The number of hydrogen-bond acceptors (Lipinski definition) is 1. The SMILES string of the molecule is CC1(C)c2ccccc2-c2c1ccc1c2-c2ccccc2C12c1ccccc1-c1ccc(-c3cc(-c4ccccc4)cc(N(c4ccc5c(c4)c4ccccc4n5-c4ccccc4)c4ccccc4-c4ccccc4)c3)cc12. The molecule has 0 saturated heterocycles. The smallest absolute Gasteiger partial charge is 0.0725 e. The van der Waals surface area contributed by atoms with Gasteiger partial charge in [0.25, 0.3) is 0 Å². The van der Waals surface area contributed by atoms with Crippen LogP contribution < -0.4 is 4.90 Å². The Bertz CT molecular complexity index is 4580. The van der Waals surface area contributed by atoms with Crippen molar-refractivity contribution in [2.24, 2.45) is 0 Å². The molecular formula is C76H52N2. The number of benzene rings is 12. The maximum atomic E-state index is 2.55. The number of para-hydroxylation sites is 3. The van der Waals surface area contributed by atoms with E-state index in [-0.39, 0.29) is 5.41 Å². The molecule has 1 unspecified atom stereocenters. The summed E-state index contributed by atoms with van der Waals surface area (Å²) in [5, 5.41) is 2.42. The highest BCUT2D eigenvalue weighted by Crippen LogP contribution is 2.66. The fourth-order valence-electron chi connectivity index (χ4n) is 14.2. The first kappa shape index (κ1) is 44.5. The molecule has 1 spiro atoms. The standard InChI is InChI=1S/C76H52N2/c1-75(2)64-33-17-13-31-61(64)73-67(75)41-42-68-74(73)62-32-14-19-35-66(62)76(68)65-34-18-12-29-58(65)59-40-38-51(47-69(59)76)53-44-52(49-22-6-3-7-23-49)45-56(46-53)77(70-36-20-15-28-57(70)50-24-8-4-9-25-50)55-39-43-72-63(48-55)60-30-16-21-37-71(60)78(72)54-26-10-5-11-27-54/h3-48H,1-2H3. The van der Waals surface area contributed by atoms with Gasteiger partial charge in [-0.3, -0.25) is 0 Å². The first-order valence-corrected chi connectivity index (χ1v) is 27.3. The second kappa shape index (κ2) is 16.9. The van der Waals surface area contributed by atoms with Crippen LogP contribution >= 0.6 is 0 Å². The molecule has 2 heteroatoms. The molecular weight excluding hydrogens is 941 g/mol. The summed E-state index contributed by atoms with van der Waals surface area (Å²) < 4.78 is 2.40. The van der Waals surface area contributed by atoms with Crippen LogP contribution in [0.5, 0.6) is 0 Å². The van der Waals surface area contributed by atoms with Gasteiger partial charge in [-0.1, -0.05) is 226 Å². The van der Waals surface area contributed by atoms with Crippen molar-refractivity contribution in [1.29, 1.82) is 0 Å². The number of rotatable bonds is 7. The van der Waals surface area contributed by atoms with Crippen molar-refractivity contribution in [3.8, 4) is 72.4 Å². The summed E-state index contributed by atoms with van der Waals surface area (Å²) in [6, 6.07) is 104. The summed E-state index contributed by atoms with van der Waals surface area (Å²) in [6.45, 7) is 4.80. The predicted molar refractivity (Wildman–Crippen MR) is 326 cm³/mol. The van der Waals surface area contributed by atoms with Gasteiger partial charge < -0.3 is 9.47 Å². The number of aromatic nitrogens is 1. The van der Waals surface area contributed by atoms with Crippen LogP contribution in [0.2, 0.25) is 0 Å². The van der Waals surface area contributed by atoms with E-state index in [1.807, 2.05) is 0 Å². The molecule has 0 aliphatic heterocycles. The van der Waals surface area contributed by atoms with Crippen molar-refractivity contribution >= 4 is 38.9 Å². The van der Waals surface area contributed by atoms with Crippen molar-refractivity contribution in [3.63, 3.8) is 0 Å². The van der Waals surface area contributed by atoms with Crippen molar-refractivity contribution in [2.75, 3.05) is 4.90 Å². The molecule has 0 bridgehead atoms. The van der Waals surface area contributed by atoms with Crippen LogP contribution in [0.25, 0.3) is 94.3 Å².